The van der Waals surface area contributed by atoms with Crippen molar-refractivity contribution in [2.24, 2.45) is 5.73 Å². The number of nitrogens with zero attached hydrogens (tertiary/aromatic N) is 2. The van der Waals surface area contributed by atoms with Crippen LogP contribution in [0.4, 0.5) is 0 Å². The fraction of sp³-hybridized carbons (Fsp3) is 0.538. The summed E-state index contributed by atoms with van der Waals surface area (Å²) in [6.07, 6.45) is 1.59. The second kappa shape index (κ2) is 6.76. The fourth-order valence-electron chi connectivity index (χ4n) is 2.35. The van der Waals surface area contributed by atoms with Crippen LogP contribution in [-0.4, -0.2) is 53.3 Å². The molecule has 0 aromatic carbocycles. The molecule has 1 aromatic rings. The molecule has 6 nitrogen and oxygen atoms in total. The molecule has 0 saturated carbocycles. The zero-order valence-corrected chi connectivity index (χ0v) is 13.6. The maximum atomic E-state index is 12.2. The first-order chi connectivity index (χ1) is 9.95. The largest absolute Gasteiger partial charge is 0.382 e. The van der Waals surface area contributed by atoms with E-state index in [1.807, 2.05) is 11.0 Å². The summed E-state index contributed by atoms with van der Waals surface area (Å²) in [5, 5.41) is 7.11. The van der Waals surface area contributed by atoms with E-state index in [1.54, 1.807) is 30.9 Å². The highest BCUT2D eigenvalue weighted by Crippen LogP contribution is 2.23. The molecule has 1 aliphatic heterocycles. The topological polar surface area (TPSA) is 100 Å². The van der Waals surface area contributed by atoms with E-state index >= 15 is 0 Å². The number of amidine groups is 1. The van der Waals surface area contributed by atoms with Gasteiger partial charge in [0.2, 0.25) is 0 Å². The minimum Gasteiger partial charge on any atom is -0.382 e. The van der Waals surface area contributed by atoms with Crippen molar-refractivity contribution in [3.05, 3.63) is 29.6 Å². The molecule has 0 aliphatic carbocycles. The molecule has 0 amide bonds. The number of hydrogen-bond donors (Lipinski definition) is 2. The summed E-state index contributed by atoms with van der Waals surface area (Å²) < 4.78 is 24.5. The van der Waals surface area contributed by atoms with Crippen LogP contribution in [0, 0.1) is 5.41 Å². The lowest BCUT2D eigenvalue weighted by molar-refractivity contribution is 0.261. The predicted octanol–water partition coefficient (Wildman–Crippen LogP) is 0.675. The first-order valence-corrected chi connectivity index (χ1v) is 9.64. The molecule has 1 saturated heterocycles. The molecule has 2 rings (SSSR count). The molecule has 1 aliphatic rings. The lowest BCUT2D eigenvalue weighted by Crippen LogP contribution is -2.47. The number of sulfone groups is 1. The molecule has 1 unspecified atom stereocenters. The Bertz CT molecular complexity index is 618. The zero-order chi connectivity index (χ0) is 15.5. The Balaban J connectivity index is 2.26. The van der Waals surface area contributed by atoms with E-state index in [0.29, 0.717) is 24.5 Å². The maximum Gasteiger partial charge on any atom is 0.166 e. The number of pyridine rings is 1. The minimum absolute atomic E-state index is 0.0908. The van der Waals surface area contributed by atoms with Gasteiger partial charge in [0.1, 0.15) is 16.9 Å². The SMILES string of the molecule is CCS(=O)(=O)C1CSCCN1Cc1cccnc1C(=N)N. The number of nitrogen functional groups attached to an aromatic ring is 1. The van der Waals surface area contributed by atoms with Gasteiger partial charge in [-0.3, -0.25) is 15.3 Å². The van der Waals surface area contributed by atoms with Gasteiger partial charge >= 0.3 is 0 Å². The van der Waals surface area contributed by atoms with Crippen LogP contribution >= 0.6 is 11.8 Å². The van der Waals surface area contributed by atoms with Crippen molar-refractivity contribution < 1.29 is 8.42 Å². The second-order valence-corrected chi connectivity index (χ2v) is 8.47. The molecule has 0 radical (unpaired) electrons. The summed E-state index contributed by atoms with van der Waals surface area (Å²) in [5.74, 6) is 1.55. The van der Waals surface area contributed by atoms with E-state index in [4.69, 9.17) is 11.1 Å². The first-order valence-electron chi connectivity index (χ1n) is 6.77. The van der Waals surface area contributed by atoms with Crippen molar-refractivity contribution in [1.82, 2.24) is 9.88 Å². The molecular weight excluding hydrogens is 308 g/mol. The molecule has 8 heteroatoms. The quantitative estimate of drug-likeness (QED) is 0.609. The van der Waals surface area contributed by atoms with Gasteiger partial charge in [-0.05, 0) is 11.6 Å². The Morgan fingerprint density at radius 1 is 1.62 bits per heavy atom. The molecule has 3 N–H and O–H groups in total. The molecule has 0 bridgehead atoms. The van der Waals surface area contributed by atoms with Gasteiger partial charge in [0.15, 0.2) is 9.84 Å². The highest BCUT2D eigenvalue weighted by molar-refractivity contribution is 8.01. The van der Waals surface area contributed by atoms with Crippen molar-refractivity contribution in [2.75, 3.05) is 23.8 Å². The number of nitrogens with two attached hydrogens (primary N) is 1. The van der Waals surface area contributed by atoms with E-state index in [0.717, 1.165) is 11.3 Å². The van der Waals surface area contributed by atoms with Gasteiger partial charge in [0.05, 0.1) is 0 Å². The summed E-state index contributed by atoms with van der Waals surface area (Å²) >= 11 is 1.67. The third-order valence-electron chi connectivity index (χ3n) is 3.53. The third kappa shape index (κ3) is 3.75. The van der Waals surface area contributed by atoms with E-state index in [-0.39, 0.29) is 11.6 Å². The summed E-state index contributed by atoms with van der Waals surface area (Å²) in [4.78, 5) is 6.08. The van der Waals surface area contributed by atoms with Crippen molar-refractivity contribution in [1.29, 1.82) is 5.41 Å². The van der Waals surface area contributed by atoms with Crippen LogP contribution in [0.2, 0.25) is 0 Å². The molecular formula is C13H20N4O2S2. The molecule has 116 valence electrons. The lowest BCUT2D eigenvalue weighted by Gasteiger charge is -2.34. The van der Waals surface area contributed by atoms with Crippen molar-refractivity contribution in [3.8, 4) is 0 Å². The molecule has 1 atom stereocenters. The van der Waals surface area contributed by atoms with Crippen LogP contribution in [-0.2, 0) is 16.4 Å². The zero-order valence-electron chi connectivity index (χ0n) is 11.9. The lowest BCUT2D eigenvalue weighted by atomic mass is 10.1. The summed E-state index contributed by atoms with van der Waals surface area (Å²) in [5.41, 5.74) is 6.78. The second-order valence-electron chi connectivity index (χ2n) is 4.88. The Morgan fingerprint density at radius 3 is 3.05 bits per heavy atom. The Morgan fingerprint density at radius 2 is 2.38 bits per heavy atom. The standard InChI is InChI=1S/C13H20N4O2S2/c1-2-21(18,19)11-9-20-7-6-17(11)8-10-4-3-5-16-12(10)13(14)15/h3-5,11H,2,6-9H2,1H3,(H3,14,15). The van der Waals surface area contributed by atoms with E-state index in [2.05, 4.69) is 4.98 Å². The van der Waals surface area contributed by atoms with E-state index < -0.39 is 15.2 Å². The third-order valence-corrected chi connectivity index (χ3v) is 6.86. The van der Waals surface area contributed by atoms with Gasteiger partial charge < -0.3 is 5.73 Å². The number of rotatable bonds is 5. The highest BCUT2D eigenvalue weighted by atomic mass is 32.2. The molecule has 1 fully saturated rings. The summed E-state index contributed by atoms with van der Waals surface area (Å²) in [6.45, 7) is 2.84. The van der Waals surface area contributed by atoms with E-state index in [9.17, 15) is 8.42 Å². The molecule has 21 heavy (non-hydrogen) atoms. The molecule has 1 aromatic heterocycles. The average molecular weight is 328 g/mol. The maximum absolute atomic E-state index is 12.2. The van der Waals surface area contributed by atoms with Gasteiger partial charge in [0.25, 0.3) is 0 Å². The average Bonchev–Trinajstić information content (AvgIpc) is 2.48. The number of hydrogen-bond acceptors (Lipinski definition) is 6. The van der Waals surface area contributed by atoms with Crippen LogP contribution in [0.25, 0.3) is 0 Å². The predicted molar refractivity (Wildman–Crippen MR) is 86.2 cm³/mol. The monoisotopic (exact) mass is 328 g/mol. The van der Waals surface area contributed by atoms with Crippen LogP contribution < -0.4 is 5.73 Å². The van der Waals surface area contributed by atoms with Gasteiger partial charge in [-0.2, -0.15) is 11.8 Å². The number of thioether (sulfide) groups is 1. The van der Waals surface area contributed by atoms with Gasteiger partial charge in [-0.1, -0.05) is 13.0 Å². The Hall–Kier alpha value is -1.12. The highest BCUT2D eigenvalue weighted by Gasteiger charge is 2.33. The fourth-order valence-corrected chi connectivity index (χ4v) is 5.43. The number of nitrogens with one attached hydrogen (secondary N) is 1. The van der Waals surface area contributed by atoms with Gasteiger partial charge in [-0.25, -0.2) is 8.42 Å². The van der Waals surface area contributed by atoms with Gasteiger partial charge in [-0.15, -0.1) is 0 Å². The molecule has 2 heterocycles. The first kappa shape index (κ1) is 16.3. The van der Waals surface area contributed by atoms with Gasteiger partial charge in [0, 0.05) is 36.5 Å². The normalized spacial score (nSPS) is 20.3. The van der Waals surface area contributed by atoms with Crippen LogP contribution in [0.5, 0.6) is 0 Å². The van der Waals surface area contributed by atoms with Crippen molar-refractivity contribution in [2.45, 2.75) is 18.8 Å². The molecule has 0 spiro atoms. The van der Waals surface area contributed by atoms with Crippen molar-refractivity contribution >= 4 is 27.4 Å². The smallest absolute Gasteiger partial charge is 0.166 e. The van der Waals surface area contributed by atoms with Crippen LogP contribution in [0.3, 0.4) is 0 Å². The van der Waals surface area contributed by atoms with Crippen LogP contribution in [0.1, 0.15) is 18.2 Å². The Kier molecular flexibility index (Phi) is 5.23. The van der Waals surface area contributed by atoms with E-state index in [1.165, 1.54) is 0 Å². The summed E-state index contributed by atoms with van der Waals surface area (Å²) in [6, 6.07) is 3.63. The number of aromatic nitrogens is 1. The van der Waals surface area contributed by atoms with Crippen LogP contribution in [0.15, 0.2) is 18.3 Å². The Labute approximate surface area is 129 Å². The minimum atomic E-state index is -3.12. The summed E-state index contributed by atoms with van der Waals surface area (Å²) in [7, 11) is -3.12. The van der Waals surface area contributed by atoms with Crippen molar-refractivity contribution in [3.63, 3.8) is 0 Å².